The maximum atomic E-state index is 11.4. The van der Waals surface area contributed by atoms with Crippen molar-refractivity contribution in [2.75, 3.05) is 12.4 Å². The molecule has 0 fully saturated rings. The van der Waals surface area contributed by atoms with Gasteiger partial charge in [0.2, 0.25) is 10.0 Å². The Balaban J connectivity index is 4.10. The van der Waals surface area contributed by atoms with E-state index in [0.717, 1.165) is 6.04 Å². The minimum atomic E-state index is -3.20. The first-order chi connectivity index (χ1) is 6.16. The first kappa shape index (κ1) is 14.1. The van der Waals surface area contributed by atoms with Gasteiger partial charge in [0.1, 0.15) is 0 Å². The van der Waals surface area contributed by atoms with Gasteiger partial charge in [-0.15, -0.1) is 0 Å². The van der Waals surface area contributed by atoms with Crippen molar-refractivity contribution >= 4 is 18.1 Å². The predicted octanol–water partition coefficient (Wildman–Crippen LogP) is 0.625. The van der Waals surface area contributed by atoms with Crippen LogP contribution in [0, 0.1) is 0 Å². The fourth-order valence-electron chi connectivity index (χ4n) is 0.843. The van der Waals surface area contributed by atoms with Gasteiger partial charge in [0.15, 0.2) is 0 Å². The van der Waals surface area contributed by atoms with Crippen LogP contribution in [-0.2, 0) is 10.0 Å². The van der Waals surface area contributed by atoms with E-state index in [1.165, 1.54) is 0 Å². The molecule has 0 spiro atoms. The van der Waals surface area contributed by atoms with Crippen molar-refractivity contribution in [3.8, 4) is 0 Å². The number of sulfonamides is 1. The Morgan fingerprint density at radius 1 is 1.36 bits per heavy atom. The standard InChI is InChI=1S/C8H21NO3SSi/c1-8(7-10)9-13(11,12)5-6-14(2,3)4/h8-10H,5-7H2,1-4H3/t8-/m1/s1. The molecule has 0 saturated carbocycles. The van der Waals surface area contributed by atoms with Crippen molar-refractivity contribution in [2.45, 2.75) is 38.7 Å². The van der Waals surface area contributed by atoms with Crippen molar-refractivity contribution < 1.29 is 13.5 Å². The molecule has 0 unspecified atom stereocenters. The third kappa shape index (κ3) is 7.49. The maximum Gasteiger partial charge on any atom is 0.211 e. The molecule has 0 aliphatic rings. The van der Waals surface area contributed by atoms with Gasteiger partial charge in [0.25, 0.3) is 0 Å². The highest BCUT2D eigenvalue weighted by molar-refractivity contribution is 7.89. The number of hydrogen-bond donors (Lipinski definition) is 2. The molecule has 0 heterocycles. The molecule has 0 aliphatic heterocycles. The van der Waals surface area contributed by atoms with E-state index in [1.807, 2.05) is 0 Å². The van der Waals surface area contributed by atoms with E-state index in [-0.39, 0.29) is 18.4 Å². The summed E-state index contributed by atoms with van der Waals surface area (Å²) in [4.78, 5) is 0. The molecule has 0 aliphatic carbocycles. The number of aliphatic hydroxyl groups is 1. The highest BCUT2D eigenvalue weighted by atomic mass is 32.2. The number of aliphatic hydroxyl groups excluding tert-OH is 1. The summed E-state index contributed by atoms with van der Waals surface area (Å²) < 4.78 is 25.3. The third-order valence-electron chi connectivity index (χ3n) is 1.78. The average molecular weight is 239 g/mol. The van der Waals surface area contributed by atoms with Crippen LogP contribution in [0.25, 0.3) is 0 Å². The zero-order valence-electron chi connectivity index (χ0n) is 9.37. The minimum Gasteiger partial charge on any atom is -0.395 e. The summed E-state index contributed by atoms with van der Waals surface area (Å²) in [6.07, 6.45) is 0. The first-order valence-electron chi connectivity index (χ1n) is 4.77. The number of rotatable bonds is 6. The molecular formula is C8H21NO3SSi. The first-order valence-corrected chi connectivity index (χ1v) is 10.1. The summed E-state index contributed by atoms with van der Waals surface area (Å²) in [5, 5.41) is 8.71. The lowest BCUT2D eigenvalue weighted by Crippen LogP contribution is -2.38. The van der Waals surface area contributed by atoms with Crippen LogP contribution in [-0.4, -0.2) is 40.0 Å². The quantitative estimate of drug-likeness (QED) is 0.668. The van der Waals surface area contributed by atoms with E-state index in [9.17, 15) is 8.42 Å². The summed E-state index contributed by atoms with van der Waals surface area (Å²) in [6.45, 7) is 7.90. The molecule has 0 aromatic heterocycles. The average Bonchev–Trinajstić information content (AvgIpc) is 1.99. The van der Waals surface area contributed by atoms with Crippen molar-refractivity contribution in [3.63, 3.8) is 0 Å². The summed E-state index contributed by atoms with van der Waals surface area (Å²) in [7, 11) is -4.51. The van der Waals surface area contributed by atoms with Crippen LogP contribution in [0.2, 0.25) is 25.7 Å². The van der Waals surface area contributed by atoms with E-state index in [4.69, 9.17) is 5.11 Å². The van der Waals surface area contributed by atoms with Gasteiger partial charge in [-0.3, -0.25) is 0 Å². The van der Waals surface area contributed by atoms with E-state index in [1.54, 1.807) is 6.92 Å². The van der Waals surface area contributed by atoms with Crippen LogP contribution in [0.5, 0.6) is 0 Å². The second kappa shape index (κ2) is 5.25. The molecule has 14 heavy (non-hydrogen) atoms. The van der Waals surface area contributed by atoms with Gasteiger partial charge in [-0.2, -0.15) is 0 Å². The molecule has 0 bridgehead atoms. The zero-order valence-corrected chi connectivity index (χ0v) is 11.2. The molecule has 86 valence electrons. The summed E-state index contributed by atoms with van der Waals surface area (Å²) >= 11 is 0. The van der Waals surface area contributed by atoms with Crippen LogP contribution < -0.4 is 4.72 Å². The molecule has 0 saturated heterocycles. The summed E-state index contributed by atoms with van der Waals surface area (Å²) in [5.74, 6) is 0.174. The Bertz CT molecular complexity index is 258. The topological polar surface area (TPSA) is 66.4 Å². The number of nitrogens with one attached hydrogen (secondary N) is 1. The van der Waals surface area contributed by atoms with E-state index in [0.29, 0.717) is 0 Å². The van der Waals surface area contributed by atoms with E-state index < -0.39 is 18.1 Å². The Hall–Kier alpha value is 0.0869. The zero-order chi connectivity index (χ0) is 11.4. The van der Waals surface area contributed by atoms with Gasteiger partial charge in [-0.1, -0.05) is 19.6 Å². The molecular weight excluding hydrogens is 218 g/mol. The van der Waals surface area contributed by atoms with Gasteiger partial charge >= 0.3 is 0 Å². The van der Waals surface area contributed by atoms with Crippen LogP contribution in [0.3, 0.4) is 0 Å². The Labute approximate surface area is 87.8 Å². The van der Waals surface area contributed by atoms with Gasteiger partial charge in [0.05, 0.1) is 12.4 Å². The van der Waals surface area contributed by atoms with Crippen molar-refractivity contribution in [2.24, 2.45) is 0 Å². The van der Waals surface area contributed by atoms with E-state index in [2.05, 4.69) is 24.4 Å². The molecule has 0 rings (SSSR count). The largest absolute Gasteiger partial charge is 0.395 e. The maximum absolute atomic E-state index is 11.4. The van der Waals surface area contributed by atoms with Crippen molar-refractivity contribution in [1.29, 1.82) is 0 Å². The van der Waals surface area contributed by atoms with Crippen LogP contribution in [0.4, 0.5) is 0 Å². The lowest BCUT2D eigenvalue weighted by Gasteiger charge is -2.17. The molecule has 2 N–H and O–H groups in total. The van der Waals surface area contributed by atoms with Gasteiger partial charge in [-0.25, -0.2) is 13.1 Å². The summed E-state index contributed by atoms with van der Waals surface area (Å²) in [6, 6.07) is 0.363. The lowest BCUT2D eigenvalue weighted by atomic mass is 10.4. The second-order valence-corrected chi connectivity index (χ2v) is 12.3. The molecule has 0 radical (unpaired) electrons. The molecule has 0 amide bonds. The smallest absolute Gasteiger partial charge is 0.211 e. The molecule has 1 atom stereocenters. The van der Waals surface area contributed by atoms with Crippen LogP contribution in [0.1, 0.15) is 6.92 Å². The van der Waals surface area contributed by atoms with Crippen molar-refractivity contribution in [3.05, 3.63) is 0 Å². The SMILES string of the molecule is C[C@H](CO)NS(=O)(=O)CC[Si](C)(C)C. The van der Waals surface area contributed by atoms with Crippen molar-refractivity contribution in [1.82, 2.24) is 4.72 Å². The Morgan fingerprint density at radius 3 is 2.21 bits per heavy atom. The van der Waals surface area contributed by atoms with E-state index >= 15 is 0 Å². The molecule has 0 aromatic rings. The highest BCUT2D eigenvalue weighted by Crippen LogP contribution is 2.09. The fraction of sp³-hybridized carbons (Fsp3) is 1.00. The fourth-order valence-corrected chi connectivity index (χ4v) is 5.17. The third-order valence-corrected chi connectivity index (χ3v) is 5.39. The molecule has 4 nitrogen and oxygen atoms in total. The lowest BCUT2D eigenvalue weighted by molar-refractivity contribution is 0.265. The molecule has 0 aromatic carbocycles. The predicted molar refractivity (Wildman–Crippen MR) is 61.6 cm³/mol. The number of hydrogen-bond acceptors (Lipinski definition) is 3. The van der Waals surface area contributed by atoms with Gasteiger partial charge < -0.3 is 5.11 Å². The normalized spacial score (nSPS) is 15.5. The summed E-state index contributed by atoms with van der Waals surface area (Å²) in [5.41, 5.74) is 0. The van der Waals surface area contributed by atoms with Crippen LogP contribution in [0.15, 0.2) is 0 Å². The van der Waals surface area contributed by atoms with Gasteiger partial charge in [-0.05, 0) is 13.0 Å². The highest BCUT2D eigenvalue weighted by Gasteiger charge is 2.19. The van der Waals surface area contributed by atoms with Gasteiger partial charge in [0, 0.05) is 14.1 Å². The monoisotopic (exact) mass is 239 g/mol. The molecule has 6 heteroatoms. The Kier molecular flexibility index (Phi) is 5.28. The second-order valence-electron chi connectivity index (χ2n) is 4.83. The van der Waals surface area contributed by atoms with Crippen LogP contribution >= 0.6 is 0 Å². The minimum absolute atomic E-state index is 0.161. The Morgan fingerprint density at radius 2 is 1.86 bits per heavy atom.